The maximum atomic E-state index is 12.0. The maximum Gasteiger partial charge on any atom is 0.265 e. The summed E-state index contributed by atoms with van der Waals surface area (Å²) in [7, 11) is 0. The normalized spacial score (nSPS) is 13.0. The summed E-state index contributed by atoms with van der Waals surface area (Å²) < 4.78 is 16.2. The fourth-order valence-corrected chi connectivity index (χ4v) is 2.56. The molecule has 0 saturated heterocycles. The predicted molar refractivity (Wildman–Crippen MR) is 95.6 cm³/mol. The minimum Gasteiger partial charge on any atom is -0.455 e. The molecule has 0 unspecified atom stereocenters. The summed E-state index contributed by atoms with van der Waals surface area (Å²) in [5.41, 5.74) is 1.93. The van der Waals surface area contributed by atoms with Crippen molar-refractivity contribution in [2.45, 2.75) is 6.92 Å². The van der Waals surface area contributed by atoms with E-state index in [-0.39, 0.29) is 19.3 Å². The molecule has 1 N–H and O–H groups in total. The summed E-state index contributed by atoms with van der Waals surface area (Å²) >= 11 is 0. The first-order valence-electron chi connectivity index (χ1n) is 8.04. The molecule has 132 valence electrons. The Bertz CT molecular complexity index is 960. The molecule has 0 aliphatic carbocycles. The number of hydrogen-bond donors (Lipinski definition) is 1. The molecule has 3 aromatic rings. The van der Waals surface area contributed by atoms with Crippen LogP contribution in [0.3, 0.4) is 0 Å². The summed E-state index contributed by atoms with van der Waals surface area (Å²) in [6, 6.07) is 14.7. The standard InChI is InChI=1S/C19H16N2O5/c1-12(17-8-13-4-2-3-5-15(13)26-17)21-25-10-19(22)20-14-6-7-16-18(9-14)24-11-23-16/h2-9H,10-11H2,1H3,(H,20,22). The first-order valence-corrected chi connectivity index (χ1v) is 8.04. The quantitative estimate of drug-likeness (QED) is 0.561. The Morgan fingerprint density at radius 3 is 2.88 bits per heavy atom. The smallest absolute Gasteiger partial charge is 0.265 e. The van der Waals surface area contributed by atoms with Crippen LogP contribution in [-0.4, -0.2) is 25.0 Å². The number of carbonyl (C=O) groups is 1. The molecule has 1 amide bonds. The van der Waals surface area contributed by atoms with Crippen molar-refractivity contribution >= 4 is 28.3 Å². The number of fused-ring (bicyclic) bond motifs is 2. The van der Waals surface area contributed by atoms with Crippen molar-refractivity contribution < 1.29 is 23.5 Å². The Labute approximate surface area is 149 Å². The van der Waals surface area contributed by atoms with Gasteiger partial charge in [-0.2, -0.15) is 0 Å². The summed E-state index contributed by atoms with van der Waals surface area (Å²) in [5, 5.41) is 7.64. The van der Waals surface area contributed by atoms with E-state index in [1.54, 1.807) is 25.1 Å². The molecule has 26 heavy (non-hydrogen) atoms. The number of nitrogens with one attached hydrogen (secondary N) is 1. The molecular weight excluding hydrogens is 336 g/mol. The molecule has 2 aromatic carbocycles. The summed E-state index contributed by atoms with van der Waals surface area (Å²) in [5.74, 6) is 1.53. The van der Waals surface area contributed by atoms with E-state index in [1.807, 2.05) is 30.3 Å². The Morgan fingerprint density at radius 1 is 1.15 bits per heavy atom. The lowest BCUT2D eigenvalue weighted by atomic mass is 10.2. The molecule has 1 aliphatic heterocycles. The summed E-state index contributed by atoms with van der Waals surface area (Å²) in [6.45, 7) is 1.73. The minimum absolute atomic E-state index is 0.186. The van der Waals surface area contributed by atoms with Gasteiger partial charge < -0.3 is 24.0 Å². The van der Waals surface area contributed by atoms with E-state index in [0.29, 0.717) is 28.7 Å². The number of oxime groups is 1. The molecule has 7 heteroatoms. The van der Waals surface area contributed by atoms with Gasteiger partial charge in [-0.15, -0.1) is 0 Å². The van der Waals surface area contributed by atoms with Crippen LogP contribution in [0.1, 0.15) is 12.7 Å². The molecule has 2 heterocycles. The first-order chi connectivity index (χ1) is 12.7. The molecule has 0 fully saturated rings. The minimum atomic E-state index is -0.329. The third kappa shape index (κ3) is 3.32. The number of hydrogen-bond acceptors (Lipinski definition) is 6. The van der Waals surface area contributed by atoms with Crippen molar-refractivity contribution in [1.82, 2.24) is 0 Å². The maximum absolute atomic E-state index is 12.0. The van der Waals surface area contributed by atoms with Gasteiger partial charge in [-0.3, -0.25) is 4.79 Å². The Morgan fingerprint density at radius 2 is 2.00 bits per heavy atom. The van der Waals surface area contributed by atoms with Crippen LogP contribution in [0.4, 0.5) is 5.69 Å². The van der Waals surface area contributed by atoms with Gasteiger partial charge >= 0.3 is 0 Å². The zero-order chi connectivity index (χ0) is 17.9. The number of amides is 1. The van der Waals surface area contributed by atoms with Crippen molar-refractivity contribution in [3.63, 3.8) is 0 Å². The monoisotopic (exact) mass is 352 g/mol. The fourth-order valence-electron chi connectivity index (χ4n) is 2.56. The van der Waals surface area contributed by atoms with Crippen molar-refractivity contribution in [2.75, 3.05) is 18.7 Å². The number of para-hydroxylation sites is 1. The number of benzene rings is 2. The summed E-state index contributed by atoms with van der Waals surface area (Å²) in [6.07, 6.45) is 0. The average Bonchev–Trinajstić information content (AvgIpc) is 3.27. The molecular formula is C19H16N2O5. The molecule has 1 aliphatic rings. The highest BCUT2D eigenvalue weighted by Crippen LogP contribution is 2.34. The highest BCUT2D eigenvalue weighted by atomic mass is 16.7. The van der Waals surface area contributed by atoms with E-state index in [2.05, 4.69) is 10.5 Å². The van der Waals surface area contributed by atoms with Gasteiger partial charge in [0.25, 0.3) is 5.91 Å². The lowest BCUT2D eigenvalue weighted by Crippen LogP contribution is -2.17. The van der Waals surface area contributed by atoms with E-state index in [0.717, 1.165) is 11.0 Å². The number of anilines is 1. The Hall–Kier alpha value is -3.48. The highest BCUT2D eigenvalue weighted by molar-refractivity contribution is 5.99. The van der Waals surface area contributed by atoms with Gasteiger partial charge in [0.15, 0.2) is 23.9 Å². The van der Waals surface area contributed by atoms with Crippen LogP contribution in [-0.2, 0) is 9.63 Å². The third-order valence-electron chi connectivity index (χ3n) is 3.84. The second-order valence-corrected chi connectivity index (χ2v) is 5.71. The van der Waals surface area contributed by atoms with E-state index < -0.39 is 0 Å². The number of nitrogens with zero attached hydrogens (tertiary/aromatic N) is 1. The molecule has 0 atom stereocenters. The predicted octanol–water partition coefficient (Wildman–Crippen LogP) is 3.54. The van der Waals surface area contributed by atoms with Crippen LogP contribution in [0.25, 0.3) is 11.0 Å². The van der Waals surface area contributed by atoms with Crippen LogP contribution >= 0.6 is 0 Å². The molecule has 0 bridgehead atoms. The lowest BCUT2D eigenvalue weighted by molar-refractivity contribution is -0.120. The molecule has 0 radical (unpaired) electrons. The lowest BCUT2D eigenvalue weighted by Gasteiger charge is -2.05. The SMILES string of the molecule is CC(=NOCC(=O)Nc1ccc2c(c1)OCO2)c1cc2ccccc2o1. The van der Waals surface area contributed by atoms with Gasteiger partial charge in [-0.1, -0.05) is 23.4 Å². The Kier molecular flexibility index (Phi) is 4.18. The van der Waals surface area contributed by atoms with Crippen LogP contribution in [0.5, 0.6) is 11.5 Å². The van der Waals surface area contributed by atoms with Gasteiger partial charge in [0.1, 0.15) is 11.3 Å². The first kappa shape index (κ1) is 16.0. The highest BCUT2D eigenvalue weighted by Gasteiger charge is 2.14. The van der Waals surface area contributed by atoms with E-state index in [1.165, 1.54) is 0 Å². The van der Waals surface area contributed by atoms with Crippen molar-refractivity contribution in [3.05, 3.63) is 54.3 Å². The number of ether oxygens (including phenoxy) is 2. The third-order valence-corrected chi connectivity index (χ3v) is 3.84. The van der Waals surface area contributed by atoms with Crippen molar-refractivity contribution in [1.29, 1.82) is 0 Å². The molecule has 4 rings (SSSR count). The molecule has 0 spiro atoms. The van der Waals surface area contributed by atoms with Crippen LogP contribution < -0.4 is 14.8 Å². The second kappa shape index (κ2) is 6.79. The van der Waals surface area contributed by atoms with E-state index in [9.17, 15) is 4.79 Å². The van der Waals surface area contributed by atoms with Gasteiger partial charge in [0.05, 0.1) is 0 Å². The summed E-state index contributed by atoms with van der Waals surface area (Å²) in [4.78, 5) is 17.1. The largest absolute Gasteiger partial charge is 0.455 e. The number of furan rings is 1. The van der Waals surface area contributed by atoms with Crippen LogP contribution in [0.2, 0.25) is 0 Å². The average molecular weight is 352 g/mol. The zero-order valence-electron chi connectivity index (χ0n) is 14.0. The Balaban J connectivity index is 1.34. The van der Waals surface area contributed by atoms with E-state index >= 15 is 0 Å². The van der Waals surface area contributed by atoms with E-state index in [4.69, 9.17) is 18.7 Å². The number of carbonyl (C=O) groups excluding carboxylic acids is 1. The topological polar surface area (TPSA) is 82.3 Å². The molecule has 0 saturated carbocycles. The zero-order valence-corrected chi connectivity index (χ0v) is 14.0. The van der Waals surface area contributed by atoms with Crippen molar-refractivity contribution in [3.8, 4) is 11.5 Å². The van der Waals surface area contributed by atoms with Crippen molar-refractivity contribution in [2.24, 2.45) is 5.16 Å². The molecule has 7 nitrogen and oxygen atoms in total. The molecule has 1 aromatic heterocycles. The fraction of sp³-hybridized carbons (Fsp3) is 0.158. The van der Waals surface area contributed by atoms with Crippen LogP contribution in [0, 0.1) is 0 Å². The van der Waals surface area contributed by atoms with Gasteiger partial charge in [0.2, 0.25) is 6.79 Å². The van der Waals surface area contributed by atoms with Crippen LogP contribution in [0.15, 0.2) is 58.1 Å². The van der Waals surface area contributed by atoms with Gasteiger partial charge in [-0.25, -0.2) is 0 Å². The second-order valence-electron chi connectivity index (χ2n) is 5.71. The number of rotatable bonds is 5. The van der Waals surface area contributed by atoms with Gasteiger partial charge in [-0.05, 0) is 31.2 Å². The van der Waals surface area contributed by atoms with Gasteiger partial charge in [0, 0.05) is 17.1 Å².